The Labute approximate surface area is 80.6 Å². The van der Waals surface area contributed by atoms with Crippen LogP contribution in [0.3, 0.4) is 0 Å². The van der Waals surface area contributed by atoms with E-state index in [1.54, 1.807) is 0 Å². The van der Waals surface area contributed by atoms with Crippen molar-refractivity contribution in [3.8, 4) is 0 Å². The second-order valence-corrected chi connectivity index (χ2v) is 2.56. The molecular weight excluding hydrogens is 192 g/mol. The molecule has 0 aliphatic heterocycles. The van der Waals surface area contributed by atoms with E-state index >= 15 is 0 Å². The Morgan fingerprint density at radius 1 is 1.29 bits per heavy atom. The van der Waals surface area contributed by atoms with Crippen LogP contribution in [0.2, 0.25) is 0 Å². The van der Waals surface area contributed by atoms with Gasteiger partial charge in [-0.25, -0.2) is 9.59 Å². The first-order chi connectivity index (χ1) is 6.65. The van der Waals surface area contributed by atoms with Crippen molar-refractivity contribution in [1.82, 2.24) is 0 Å². The van der Waals surface area contributed by atoms with E-state index in [2.05, 4.69) is 9.78 Å². The van der Waals surface area contributed by atoms with Crippen LogP contribution in [-0.4, -0.2) is 22.5 Å². The van der Waals surface area contributed by atoms with Gasteiger partial charge in [-0.15, -0.1) is 0 Å². The standard InChI is InChI=1S/C8H12O6/c1-2-3-4-6(8(10)14-12)5-7(9)13-11/h5,11-12H,2-4H2,1H3. The zero-order chi connectivity index (χ0) is 11.0. The third-order valence-electron chi connectivity index (χ3n) is 1.53. The first-order valence-electron chi connectivity index (χ1n) is 4.07. The van der Waals surface area contributed by atoms with Crippen molar-refractivity contribution in [2.24, 2.45) is 0 Å². The summed E-state index contributed by atoms with van der Waals surface area (Å²) in [6, 6.07) is 0. The number of carbonyl (C=O) groups is 2. The third kappa shape index (κ3) is 4.58. The zero-order valence-corrected chi connectivity index (χ0v) is 7.73. The van der Waals surface area contributed by atoms with E-state index in [4.69, 9.17) is 10.5 Å². The average molecular weight is 204 g/mol. The maximum absolute atomic E-state index is 10.8. The molecule has 0 aromatic carbocycles. The monoisotopic (exact) mass is 204 g/mol. The predicted molar refractivity (Wildman–Crippen MR) is 45.0 cm³/mol. The van der Waals surface area contributed by atoms with Gasteiger partial charge in [0.15, 0.2) is 0 Å². The van der Waals surface area contributed by atoms with E-state index in [0.717, 1.165) is 12.5 Å². The highest BCUT2D eigenvalue weighted by Crippen LogP contribution is 2.09. The van der Waals surface area contributed by atoms with Crippen molar-refractivity contribution in [3.63, 3.8) is 0 Å². The van der Waals surface area contributed by atoms with Crippen LogP contribution in [0, 0.1) is 0 Å². The van der Waals surface area contributed by atoms with Crippen LogP contribution in [0.15, 0.2) is 11.6 Å². The largest absolute Gasteiger partial charge is 0.369 e. The molecule has 0 saturated heterocycles. The second-order valence-electron chi connectivity index (χ2n) is 2.56. The fraction of sp³-hybridized carbons (Fsp3) is 0.500. The lowest BCUT2D eigenvalue weighted by molar-refractivity contribution is -0.231. The van der Waals surface area contributed by atoms with Gasteiger partial charge in [-0.3, -0.25) is 9.78 Å². The van der Waals surface area contributed by atoms with Crippen LogP contribution >= 0.6 is 0 Å². The van der Waals surface area contributed by atoms with Crippen molar-refractivity contribution >= 4 is 11.9 Å². The minimum absolute atomic E-state index is 0.0478. The van der Waals surface area contributed by atoms with Crippen LogP contribution in [0.25, 0.3) is 0 Å². The fourth-order valence-electron chi connectivity index (χ4n) is 0.828. The molecule has 0 fully saturated rings. The molecule has 0 amide bonds. The molecule has 0 rings (SSSR count). The van der Waals surface area contributed by atoms with Gasteiger partial charge in [0, 0.05) is 11.6 Å². The van der Waals surface area contributed by atoms with Gasteiger partial charge in [0.1, 0.15) is 0 Å². The highest BCUT2D eigenvalue weighted by Gasteiger charge is 2.13. The van der Waals surface area contributed by atoms with Gasteiger partial charge in [0.25, 0.3) is 0 Å². The summed E-state index contributed by atoms with van der Waals surface area (Å²) in [5.41, 5.74) is -0.0478. The Hall–Kier alpha value is -1.40. The van der Waals surface area contributed by atoms with E-state index in [1.807, 2.05) is 6.92 Å². The van der Waals surface area contributed by atoms with E-state index < -0.39 is 11.9 Å². The molecule has 0 heterocycles. The minimum Gasteiger partial charge on any atom is -0.296 e. The number of hydrogen-bond donors (Lipinski definition) is 2. The molecule has 0 aromatic rings. The molecule has 0 aliphatic rings. The lowest BCUT2D eigenvalue weighted by Gasteiger charge is -2.01. The second kappa shape index (κ2) is 7.05. The average Bonchev–Trinajstić information content (AvgIpc) is 2.22. The number of unbranched alkanes of at least 4 members (excludes halogenated alkanes) is 1. The summed E-state index contributed by atoms with van der Waals surface area (Å²) >= 11 is 0. The molecule has 0 saturated carbocycles. The van der Waals surface area contributed by atoms with Gasteiger partial charge in [-0.05, 0) is 12.8 Å². The van der Waals surface area contributed by atoms with Crippen LogP contribution in [-0.2, 0) is 19.4 Å². The Kier molecular flexibility index (Phi) is 6.34. The summed E-state index contributed by atoms with van der Waals surface area (Å²) < 4.78 is 0. The van der Waals surface area contributed by atoms with Crippen molar-refractivity contribution in [1.29, 1.82) is 0 Å². The smallest absolute Gasteiger partial charge is 0.296 e. The van der Waals surface area contributed by atoms with Crippen LogP contribution in [0.5, 0.6) is 0 Å². The molecule has 0 atom stereocenters. The highest BCUT2D eigenvalue weighted by atomic mass is 17.1. The minimum atomic E-state index is -1.08. The molecule has 0 unspecified atom stereocenters. The Morgan fingerprint density at radius 2 is 1.93 bits per heavy atom. The summed E-state index contributed by atoms with van der Waals surface area (Å²) in [5, 5.41) is 16.0. The fourth-order valence-corrected chi connectivity index (χ4v) is 0.828. The third-order valence-corrected chi connectivity index (χ3v) is 1.53. The van der Waals surface area contributed by atoms with Crippen molar-refractivity contribution in [3.05, 3.63) is 11.6 Å². The van der Waals surface area contributed by atoms with E-state index in [-0.39, 0.29) is 12.0 Å². The molecule has 0 spiro atoms. The van der Waals surface area contributed by atoms with Crippen LogP contribution < -0.4 is 0 Å². The maximum Gasteiger partial charge on any atom is 0.369 e. The summed E-state index contributed by atoms with van der Waals surface area (Å²) in [7, 11) is 0. The normalized spacial score (nSPS) is 10.9. The van der Waals surface area contributed by atoms with Gasteiger partial charge in [0.2, 0.25) is 0 Å². The van der Waals surface area contributed by atoms with Crippen LogP contribution in [0.1, 0.15) is 26.2 Å². The first kappa shape index (κ1) is 12.6. The Balaban J connectivity index is 4.45. The summed E-state index contributed by atoms with van der Waals surface area (Å²) in [4.78, 5) is 28.2. The van der Waals surface area contributed by atoms with Crippen molar-refractivity contribution in [2.45, 2.75) is 26.2 Å². The topological polar surface area (TPSA) is 93.1 Å². The number of rotatable bonds is 5. The first-order valence-corrected chi connectivity index (χ1v) is 4.07. The molecule has 6 nitrogen and oxygen atoms in total. The highest BCUT2D eigenvalue weighted by molar-refractivity contribution is 5.95. The molecule has 14 heavy (non-hydrogen) atoms. The van der Waals surface area contributed by atoms with Crippen molar-refractivity contribution in [2.75, 3.05) is 0 Å². The van der Waals surface area contributed by atoms with Gasteiger partial charge < -0.3 is 0 Å². The molecule has 2 N–H and O–H groups in total. The van der Waals surface area contributed by atoms with E-state index in [1.165, 1.54) is 0 Å². The molecule has 6 heteroatoms. The lowest BCUT2D eigenvalue weighted by atomic mass is 10.1. The summed E-state index contributed by atoms with van der Waals surface area (Å²) in [5.74, 6) is -2.11. The lowest BCUT2D eigenvalue weighted by Crippen LogP contribution is -2.08. The van der Waals surface area contributed by atoms with E-state index in [9.17, 15) is 9.59 Å². The van der Waals surface area contributed by atoms with Gasteiger partial charge in [-0.1, -0.05) is 13.3 Å². The van der Waals surface area contributed by atoms with E-state index in [0.29, 0.717) is 6.42 Å². The maximum atomic E-state index is 10.8. The van der Waals surface area contributed by atoms with Gasteiger partial charge >= 0.3 is 11.9 Å². The SMILES string of the molecule is CCCCC(=CC(=O)OO)C(=O)OO. The molecule has 0 aliphatic carbocycles. The van der Waals surface area contributed by atoms with Gasteiger partial charge in [-0.2, -0.15) is 10.5 Å². The molecule has 0 radical (unpaired) electrons. The summed E-state index contributed by atoms with van der Waals surface area (Å²) in [6.07, 6.45) is 2.50. The summed E-state index contributed by atoms with van der Waals surface area (Å²) in [6.45, 7) is 1.90. The molecule has 0 bridgehead atoms. The number of carbonyl (C=O) groups excluding carboxylic acids is 2. The molecular formula is C8H12O6. The Morgan fingerprint density at radius 3 is 2.36 bits per heavy atom. The quantitative estimate of drug-likeness (QED) is 0.396. The predicted octanol–water partition coefficient (Wildman–Crippen LogP) is 1.14. The zero-order valence-electron chi connectivity index (χ0n) is 7.73. The number of hydrogen-bond acceptors (Lipinski definition) is 6. The van der Waals surface area contributed by atoms with Gasteiger partial charge in [0.05, 0.1) is 0 Å². The van der Waals surface area contributed by atoms with Crippen LogP contribution in [0.4, 0.5) is 0 Å². The Bertz CT molecular complexity index is 232. The molecule has 0 aromatic heterocycles. The van der Waals surface area contributed by atoms with Crippen molar-refractivity contribution < 1.29 is 29.9 Å². The molecule has 80 valence electrons.